The van der Waals surface area contributed by atoms with Gasteiger partial charge in [0.2, 0.25) is 5.91 Å². The number of likely N-dealkylation sites (tertiary alicyclic amines) is 2. The first-order valence-corrected chi connectivity index (χ1v) is 10.7. The number of nitrogens with zero attached hydrogens (tertiary/aromatic N) is 2. The van der Waals surface area contributed by atoms with E-state index in [1.165, 1.54) is 11.1 Å². The Morgan fingerprint density at radius 2 is 1.62 bits per heavy atom. The van der Waals surface area contributed by atoms with E-state index in [4.69, 9.17) is 10.5 Å². The number of ether oxygens (including phenoxy) is 1. The Labute approximate surface area is 173 Å². The molecular formula is C24H31N3O2. The summed E-state index contributed by atoms with van der Waals surface area (Å²) in [4.78, 5) is 17.0. The van der Waals surface area contributed by atoms with Gasteiger partial charge in [0.25, 0.3) is 0 Å². The fraction of sp³-hybridized carbons (Fsp3) is 0.458. The molecule has 4 rings (SSSR count). The number of amides is 1. The van der Waals surface area contributed by atoms with Crippen molar-refractivity contribution < 1.29 is 9.53 Å². The average molecular weight is 394 g/mol. The van der Waals surface area contributed by atoms with Crippen molar-refractivity contribution in [1.29, 1.82) is 0 Å². The van der Waals surface area contributed by atoms with Crippen molar-refractivity contribution in [3.8, 4) is 0 Å². The Morgan fingerprint density at radius 3 is 2.31 bits per heavy atom. The summed E-state index contributed by atoms with van der Waals surface area (Å²) in [6.45, 7) is 4.30. The molecule has 0 unspecified atom stereocenters. The number of piperidine rings is 1. The van der Waals surface area contributed by atoms with E-state index in [-0.39, 0.29) is 18.1 Å². The van der Waals surface area contributed by atoms with Gasteiger partial charge in [-0.3, -0.25) is 9.69 Å². The van der Waals surface area contributed by atoms with Gasteiger partial charge < -0.3 is 15.4 Å². The maximum absolute atomic E-state index is 12.8. The highest BCUT2D eigenvalue weighted by Crippen LogP contribution is 2.26. The number of rotatable bonds is 6. The van der Waals surface area contributed by atoms with Crippen LogP contribution in [0, 0.1) is 0 Å². The van der Waals surface area contributed by atoms with Crippen LogP contribution in [0.25, 0.3) is 0 Å². The third-order valence-electron chi connectivity index (χ3n) is 6.15. The van der Waals surface area contributed by atoms with Crippen molar-refractivity contribution in [3.05, 3.63) is 71.8 Å². The molecule has 1 amide bonds. The second-order valence-electron chi connectivity index (χ2n) is 8.25. The zero-order valence-electron chi connectivity index (χ0n) is 17.0. The highest BCUT2D eigenvalue weighted by Gasteiger charge is 2.33. The predicted molar refractivity (Wildman–Crippen MR) is 114 cm³/mol. The highest BCUT2D eigenvalue weighted by molar-refractivity contribution is 5.78. The molecule has 0 radical (unpaired) electrons. The van der Waals surface area contributed by atoms with Crippen LogP contribution < -0.4 is 5.73 Å². The summed E-state index contributed by atoms with van der Waals surface area (Å²) in [5.74, 6) is 0.522. The van der Waals surface area contributed by atoms with Crippen LogP contribution in [0.4, 0.5) is 0 Å². The van der Waals surface area contributed by atoms with Gasteiger partial charge in [-0.15, -0.1) is 0 Å². The predicted octanol–water partition coefficient (Wildman–Crippen LogP) is 2.62. The molecule has 2 atom stereocenters. The van der Waals surface area contributed by atoms with Crippen molar-refractivity contribution in [2.24, 2.45) is 5.73 Å². The van der Waals surface area contributed by atoms with Gasteiger partial charge in [0.05, 0.1) is 19.3 Å². The summed E-state index contributed by atoms with van der Waals surface area (Å²) >= 11 is 0. The first-order chi connectivity index (χ1) is 14.2. The van der Waals surface area contributed by atoms with E-state index in [2.05, 4.69) is 41.3 Å². The minimum Gasteiger partial charge on any atom is -0.373 e. The molecule has 0 spiro atoms. The molecular weight excluding hydrogens is 362 g/mol. The van der Waals surface area contributed by atoms with Crippen LogP contribution in [0.2, 0.25) is 0 Å². The Hall–Kier alpha value is -2.21. The van der Waals surface area contributed by atoms with Gasteiger partial charge in [-0.1, -0.05) is 60.7 Å². The lowest BCUT2D eigenvalue weighted by Crippen LogP contribution is -2.45. The summed E-state index contributed by atoms with van der Waals surface area (Å²) in [5, 5.41) is 0. The lowest BCUT2D eigenvalue weighted by atomic mass is 9.95. The van der Waals surface area contributed by atoms with Crippen LogP contribution in [-0.2, 0) is 16.1 Å². The van der Waals surface area contributed by atoms with Gasteiger partial charge in [0.1, 0.15) is 0 Å². The minimum atomic E-state index is 0.0855. The summed E-state index contributed by atoms with van der Waals surface area (Å²) in [7, 11) is 0. The third-order valence-corrected chi connectivity index (χ3v) is 6.15. The average Bonchev–Trinajstić information content (AvgIpc) is 3.14. The quantitative estimate of drug-likeness (QED) is 0.820. The van der Waals surface area contributed by atoms with E-state index >= 15 is 0 Å². The van der Waals surface area contributed by atoms with E-state index in [1.54, 1.807) is 0 Å². The molecule has 0 saturated carbocycles. The molecule has 2 aromatic rings. The summed E-state index contributed by atoms with van der Waals surface area (Å²) in [6.07, 6.45) is 2.05. The Kier molecular flexibility index (Phi) is 6.60. The second-order valence-corrected chi connectivity index (χ2v) is 8.25. The Bertz CT molecular complexity index is 775. The van der Waals surface area contributed by atoms with E-state index in [0.29, 0.717) is 19.1 Å². The van der Waals surface area contributed by atoms with Crippen LogP contribution in [0.3, 0.4) is 0 Å². The molecule has 29 heavy (non-hydrogen) atoms. The monoisotopic (exact) mass is 393 g/mol. The summed E-state index contributed by atoms with van der Waals surface area (Å²) < 4.78 is 6.04. The second kappa shape index (κ2) is 9.53. The first kappa shape index (κ1) is 20.1. The van der Waals surface area contributed by atoms with Gasteiger partial charge in [0.15, 0.2) is 0 Å². The van der Waals surface area contributed by atoms with Crippen LogP contribution in [-0.4, -0.2) is 60.6 Å². The summed E-state index contributed by atoms with van der Waals surface area (Å²) in [6, 6.07) is 20.7. The molecule has 0 bridgehead atoms. The molecule has 2 aromatic carbocycles. The van der Waals surface area contributed by atoms with Gasteiger partial charge in [-0.05, 0) is 24.0 Å². The number of hydrogen-bond acceptors (Lipinski definition) is 4. The fourth-order valence-corrected chi connectivity index (χ4v) is 4.45. The van der Waals surface area contributed by atoms with Gasteiger partial charge in [-0.25, -0.2) is 0 Å². The smallest absolute Gasteiger partial charge is 0.236 e. The zero-order valence-corrected chi connectivity index (χ0v) is 17.0. The molecule has 2 fully saturated rings. The third kappa shape index (κ3) is 5.24. The number of benzene rings is 2. The van der Waals surface area contributed by atoms with Gasteiger partial charge in [0, 0.05) is 38.1 Å². The lowest BCUT2D eigenvalue weighted by Gasteiger charge is -2.33. The molecule has 2 aliphatic rings. The van der Waals surface area contributed by atoms with Crippen molar-refractivity contribution in [3.63, 3.8) is 0 Å². The standard InChI is InChI=1S/C24H31N3O2/c25-23-16-26(15-22(23)20-9-5-2-6-10-20)17-24(28)27-13-11-21(12-14-27)29-18-19-7-3-1-4-8-19/h1-10,21-23H,11-18,25H2/t22-,23+/m0/s1. The SMILES string of the molecule is N[C@@H]1CN(CC(=O)N2CCC(OCc3ccccc3)CC2)C[C@H]1c1ccccc1. The zero-order chi connectivity index (χ0) is 20.1. The lowest BCUT2D eigenvalue weighted by molar-refractivity contribution is -0.135. The van der Waals surface area contributed by atoms with Crippen molar-refractivity contribution >= 4 is 5.91 Å². The fourth-order valence-electron chi connectivity index (χ4n) is 4.45. The van der Waals surface area contributed by atoms with Crippen LogP contribution in [0.5, 0.6) is 0 Å². The highest BCUT2D eigenvalue weighted by atomic mass is 16.5. The van der Waals surface area contributed by atoms with E-state index in [9.17, 15) is 4.79 Å². The van der Waals surface area contributed by atoms with Crippen molar-refractivity contribution in [2.75, 3.05) is 32.7 Å². The molecule has 2 saturated heterocycles. The van der Waals surface area contributed by atoms with E-state index in [0.717, 1.165) is 39.0 Å². The number of hydrogen-bond donors (Lipinski definition) is 1. The maximum Gasteiger partial charge on any atom is 0.236 e. The number of carbonyl (C=O) groups excluding carboxylic acids is 1. The normalized spacial score (nSPS) is 23.4. The molecule has 2 aliphatic heterocycles. The van der Waals surface area contributed by atoms with Crippen molar-refractivity contribution in [1.82, 2.24) is 9.80 Å². The van der Waals surface area contributed by atoms with E-state index in [1.807, 2.05) is 29.2 Å². The molecule has 154 valence electrons. The largest absolute Gasteiger partial charge is 0.373 e. The Balaban J connectivity index is 1.21. The van der Waals surface area contributed by atoms with Crippen LogP contribution in [0.15, 0.2) is 60.7 Å². The van der Waals surface area contributed by atoms with Crippen LogP contribution in [0.1, 0.15) is 29.9 Å². The van der Waals surface area contributed by atoms with Crippen LogP contribution >= 0.6 is 0 Å². The molecule has 0 aromatic heterocycles. The topological polar surface area (TPSA) is 58.8 Å². The molecule has 2 heterocycles. The molecule has 2 N–H and O–H groups in total. The minimum absolute atomic E-state index is 0.0855. The summed E-state index contributed by atoms with van der Waals surface area (Å²) in [5.41, 5.74) is 8.84. The maximum atomic E-state index is 12.8. The molecule has 5 nitrogen and oxygen atoms in total. The molecule has 5 heteroatoms. The molecule has 0 aliphatic carbocycles. The van der Waals surface area contributed by atoms with Crippen molar-refractivity contribution in [2.45, 2.75) is 37.5 Å². The van der Waals surface area contributed by atoms with Gasteiger partial charge >= 0.3 is 0 Å². The van der Waals surface area contributed by atoms with E-state index < -0.39 is 0 Å². The van der Waals surface area contributed by atoms with Gasteiger partial charge in [-0.2, -0.15) is 0 Å². The number of nitrogens with two attached hydrogens (primary N) is 1. The Morgan fingerprint density at radius 1 is 0.966 bits per heavy atom. The first-order valence-electron chi connectivity index (χ1n) is 10.7. The number of carbonyl (C=O) groups is 1.